The molecule has 130 valence electrons. The van der Waals surface area contributed by atoms with Gasteiger partial charge in [0.1, 0.15) is 5.82 Å². The minimum absolute atomic E-state index is 0. The maximum Gasteiger partial charge on any atom is 0.229 e. The third kappa shape index (κ3) is 4.66. The molecule has 0 radical (unpaired) electrons. The second-order valence-electron chi connectivity index (χ2n) is 6.71. The summed E-state index contributed by atoms with van der Waals surface area (Å²) in [6, 6.07) is 5.96. The van der Waals surface area contributed by atoms with Crippen LogP contribution >= 0.6 is 12.4 Å². The maximum absolute atomic E-state index is 12.9. The normalized spacial score (nSPS) is 17.5. The second-order valence-corrected chi connectivity index (χ2v) is 6.71. The summed E-state index contributed by atoms with van der Waals surface area (Å²) in [5.41, 5.74) is 5.85. The van der Waals surface area contributed by atoms with Crippen LogP contribution in [0.3, 0.4) is 0 Å². The molecule has 1 unspecified atom stereocenters. The summed E-state index contributed by atoms with van der Waals surface area (Å²) in [5, 5.41) is 10.4. The molecule has 4 nitrogen and oxygen atoms in total. The van der Waals surface area contributed by atoms with E-state index in [-0.39, 0.29) is 30.0 Å². The minimum Gasteiger partial charge on any atom is -0.388 e. The number of hydrogen-bond donors (Lipinski definition) is 2. The van der Waals surface area contributed by atoms with Crippen LogP contribution in [0.5, 0.6) is 0 Å². The third-order valence-corrected chi connectivity index (χ3v) is 4.57. The lowest BCUT2D eigenvalue weighted by molar-refractivity contribution is -0.141. The molecule has 1 saturated heterocycles. The van der Waals surface area contributed by atoms with Crippen molar-refractivity contribution in [3.8, 4) is 0 Å². The molecule has 2 rings (SSSR count). The summed E-state index contributed by atoms with van der Waals surface area (Å²) >= 11 is 0. The average molecular weight is 345 g/mol. The second kappa shape index (κ2) is 8.08. The van der Waals surface area contributed by atoms with Gasteiger partial charge in [-0.2, -0.15) is 0 Å². The van der Waals surface area contributed by atoms with Crippen LogP contribution in [0.4, 0.5) is 4.39 Å². The van der Waals surface area contributed by atoms with E-state index in [0.29, 0.717) is 19.6 Å². The summed E-state index contributed by atoms with van der Waals surface area (Å²) in [6.07, 6.45) is 0.871. The molecule has 0 saturated carbocycles. The molecule has 1 fully saturated rings. The molecule has 1 heterocycles. The number of aliphatic hydroxyl groups is 1. The van der Waals surface area contributed by atoms with Gasteiger partial charge in [-0.1, -0.05) is 12.1 Å². The fourth-order valence-electron chi connectivity index (χ4n) is 2.87. The van der Waals surface area contributed by atoms with Gasteiger partial charge < -0.3 is 15.7 Å². The molecule has 1 aliphatic heterocycles. The monoisotopic (exact) mass is 344 g/mol. The Morgan fingerprint density at radius 1 is 1.35 bits per heavy atom. The minimum atomic E-state index is -0.611. The fraction of sp³-hybridized carbons (Fsp3) is 0.588. The molecular weight excluding hydrogens is 319 g/mol. The van der Waals surface area contributed by atoms with Crippen LogP contribution in [0.25, 0.3) is 0 Å². The van der Waals surface area contributed by atoms with Crippen LogP contribution in [0.1, 0.15) is 38.4 Å². The number of carbonyl (C=O) groups excluding carboxylic acids is 1. The van der Waals surface area contributed by atoms with E-state index in [2.05, 4.69) is 0 Å². The van der Waals surface area contributed by atoms with Crippen LogP contribution in [0.15, 0.2) is 24.3 Å². The summed E-state index contributed by atoms with van der Waals surface area (Å²) in [4.78, 5) is 14.2. The molecule has 23 heavy (non-hydrogen) atoms. The maximum atomic E-state index is 12.9. The molecule has 3 N–H and O–H groups in total. The van der Waals surface area contributed by atoms with Gasteiger partial charge in [0, 0.05) is 19.6 Å². The van der Waals surface area contributed by atoms with E-state index in [9.17, 15) is 14.3 Å². The number of piperidine rings is 1. The number of carbonyl (C=O) groups is 1. The highest BCUT2D eigenvalue weighted by atomic mass is 35.5. The Hall–Kier alpha value is -1.17. The van der Waals surface area contributed by atoms with Crippen LogP contribution in [-0.4, -0.2) is 35.5 Å². The van der Waals surface area contributed by atoms with Crippen molar-refractivity contribution in [1.29, 1.82) is 0 Å². The number of aliphatic hydroxyl groups excluding tert-OH is 1. The van der Waals surface area contributed by atoms with Crippen molar-refractivity contribution in [3.05, 3.63) is 35.6 Å². The number of hydrogen-bond acceptors (Lipinski definition) is 3. The molecule has 0 spiro atoms. The highest BCUT2D eigenvalue weighted by Crippen LogP contribution is 2.32. The van der Waals surface area contributed by atoms with Crippen LogP contribution in [0.2, 0.25) is 0 Å². The molecule has 0 aromatic heterocycles. The Kier molecular flexibility index (Phi) is 6.99. The summed E-state index contributed by atoms with van der Waals surface area (Å²) < 4.78 is 12.9. The Morgan fingerprint density at radius 2 is 1.87 bits per heavy atom. The van der Waals surface area contributed by atoms with E-state index in [1.165, 1.54) is 12.1 Å². The molecule has 1 aliphatic rings. The summed E-state index contributed by atoms with van der Waals surface area (Å²) in [6.45, 7) is 5.30. The zero-order chi connectivity index (χ0) is 16.3. The standard InChI is InChI=1S/C17H25FN2O2.ClH/c1-17(2,11-19)16(22)20-9-7-13(8-10-20)15(21)12-3-5-14(18)6-4-12;/h3-6,13,15,21H,7-11,19H2,1-2H3;1H. The van der Waals surface area contributed by atoms with E-state index in [1.54, 1.807) is 12.1 Å². The summed E-state index contributed by atoms with van der Waals surface area (Å²) in [5.74, 6) is -0.138. The zero-order valence-corrected chi connectivity index (χ0v) is 14.5. The number of amides is 1. The average Bonchev–Trinajstić information content (AvgIpc) is 2.54. The molecule has 0 bridgehead atoms. The van der Waals surface area contributed by atoms with Gasteiger partial charge in [0.15, 0.2) is 0 Å². The zero-order valence-electron chi connectivity index (χ0n) is 13.7. The Bertz CT molecular complexity index is 514. The number of benzene rings is 1. The van der Waals surface area contributed by atoms with Gasteiger partial charge >= 0.3 is 0 Å². The van der Waals surface area contributed by atoms with Crippen molar-refractivity contribution in [2.75, 3.05) is 19.6 Å². The van der Waals surface area contributed by atoms with Crippen molar-refractivity contribution < 1.29 is 14.3 Å². The predicted molar refractivity (Wildman–Crippen MR) is 90.7 cm³/mol. The van der Waals surface area contributed by atoms with Gasteiger partial charge in [-0.15, -0.1) is 12.4 Å². The van der Waals surface area contributed by atoms with E-state index in [1.807, 2.05) is 18.7 Å². The van der Waals surface area contributed by atoms with Gasteiger partial charge in [-0.05, 0) is 50.3 Å². The number of nitrogens with zero attached hydrogens (tertiary/aromatic N) is 1. The lowest BCUT2D eigenvalue weighted by Gasteiger charge is -2.38. The quantitative estimate of drug-likeness (QED) is 0.882. The van der Waals surface area contributed by atoms with Crippen molar-refractivity contribution >= 4 is 18.3 Å². The van der Waals surface area contributed by atoms with Crippen molar-refractivity contribution in [2.24, 2.45) is 17.1 Å². The molecular formula is C17H26ClFN2O2. The molecule has 1 atom stereocenters. The van der Waals surface area contributed by atoms with Crippen LogP contribution in [0, 0.1) is 17.2 Å². The Balaban J connectivity index is 0.00000264. The topological polar surface area (TPSA) is 66.6 Å². The first-order chi connectivity index (χ1) is 10.3. The molecule has 1 amide bonds. The lowest BCUT2D eigenvalue weighted by Crippen LogP contribution is -2.48. The van der Waals surface area contributed by atoms with Gasteiger partial charge in [-0.25, -0.2) is 4.39 Å². The number of rotatable bonds is 4. The van der Waals surface area contributed by atoms with Crippen molar-refractivity contribution in [1.82, 2.24) is 4.90 Å². The van der Waals surface area contributed by atoms with Gasteiger partial charge in [-0.3, -0.25) is 4.79 Å². The van der Waals surface area contributed by atoms with E-state index >= 15 is 0 Å². The van der Waals surface area contributed by atoms with Crippen LogP contribution < -0.4 is 5.73 Å². The van der Waals surface area contributed by atoms with Crippen molar-refractivity contribution in [2.45, 2.75) is 32.8 Å². The SMILES string of the molecule is CC(C)(CN)C(=O)N1CCC(C(O)c2ccc(F)cc2)CC1.Cl. The molecule has 6 heteroatoms. The Morgan fingerprint density at radius 3 is 2.35 bits per heavy atom. The smallest absolute Gasteiger partial charge is 0.229 e. The first-order valence-electron chi connectivity index (χ1n) is 7.78. The predicted octanol–water partition coefficient (Wildman–Crippen LogP) is 2.50. The number of likely N-dealkylation sites (tertiary alicyclic amines) is 1. The fourth-order valence-corrected chi connectivity index (χ4v) is 2.87. The van der Waals surface area contributed by atoms with Gasteiger partial charge in [0.05, 0.1) is 11.5 Å². The lowest BCUT2D eigenvalue weighted by atomic mass is 9.85. The molecule has 1 aromatic rings. The number of halogens is 2. The molecule has 1 aromatic carbocycles. The highest BCUT2D eigenvalue weighted by molar-refractivity contribution is 5.85. The summed E-state index contributed by atoms with van der Waals surface area (Å²) in [7, 11) is 0. The van der Waals surface area contributed by atoms with Crippen molar-refractivity contribution in [3.63, 3.8) is 0 Å². The van der Waals surface area contributed by atoms with E-state index in [4.69, 9.17) is 5.73 Å². The first-order valence-corrected chi connectivity index (χ1v) is 7.78. The molecule has 0 aliphatic carbocycles. The van der Waals surface area contributed by atoms with E-state index < -0.39 is 11.5 Å². The van der Waals surface area contributed by atoms with Crippen LogP contribution in [-0.2, 0) is 4.79 Å². The first kappa shape index (κ1) is 19.9. The third-order valence-electron chi connectivity index (χ3n) is 4.57. The largest absolute Gasteiger partial charge is 0.388 e. The van der Waals surface area contributed by atoms with Gasteiger partial charge in [0.2, 0.25) is 5.91 Å². The Labute approximate surface area is 143 Å². The van der Waals surface area contributed by atoms with E-state index in [0.717, 1.165) is 18.4 Å². The highest BCUT2D eigenvalue weighted by Gasteiger charge is 2.34. The number of nitrogens with two attached hydrogens (primary N) is 1. The van der Waals surface area contributed by atoms with Gasteiger partial charge in [0.25, 0.3) is 0 Å².